The summed E-state index contributed by atoms with van der Waals surface area (Å²) in [6.07, 6.45) is 0. The molecule has 3 rings (SSSR count). The summed E-state index contributed by atoms with van der Waals surface area (Å²) >= 11 is 0. The van der Waals surface area contributed by atoms with Crippen LogP contribution in [0.15, 0.2) is 54.6 Å². The number of hydrogen-bond donors (Lipinski definition) is 0. The van der Waals surface area contributed by atoms with E-state index in [1.165, 1.54) is 22.5 Å². The molecule has 1 aliphatic heterocycles. The lowest BCUT2D eigenvalue weighted by atomic mass is 9.99. The molecule has 21 heavy (non-hydrogen) atoms. The van der Waals surface area contributed by atoms with Gasteiger partial charge >= 0.3 is 0 Å². The Morgan fingerprint density at radius 1 is 1.00 bits per heavy atom. The minimum Gasteiger partial charge on any atom is -0.492 e. The zero-order valence-corrected chi connectivity index (χ0v) is 12.8. The molecule has 0 fully saturated rings. The Bertz CT molecular complexity index is 726. The highest BCUT2D eigenvalue weighted by Gasteiger charge is 2.32. The van der Waals surface area contributed by atoms with E-state index in [1.54, 1.807) is 0 Å². The van der Waals surface area contributed by atoms with Crippen molar-refractivity contribution in [1.29, 1.82) is 0 Å². The molecule has 1 heterocycles. The molecule has 2 aromatic carbocycles. The SMILES string of the molecule is CCO/C(=C1/C(C)=[N+](C)c2ccccc21)c1ccccc1. The van der Waals surface area contributed by atoms with Crippen LogP contribution in [-0.2, 0) is 4.74 Å². The molecule has 0 saturated carbocycles. The molecule has 0 aliphatic carbocycles. The van der Waals surface area contributed by atoms with Gasteiger partial charge in [0.1, 0.15) is 12.8 Å². The van der Waals surface area contributed by atoms with Crippen molar-refractivity contribution in [3.05, 3.63) is 65.7 Å². The van der Waals surface area contributed by atoms with E-state index in [4.69, 9.17) is 4.74 Å². The van der Waals surface area contributed by atoms with Crippen LogP contribution in [0.5, 0.6) is 0 Å². The van der Waals surface area contributed by atoms with Crippen LogP contribution in [0.2, 0.25) is 0 Å². The maximum atomic E-state index is 6.02. The number of para-hydroxylation sites is 1. The third-order valence-electron chi connectivity index (χ3n) is 3.95. The lowest BCUT2D eigenvalue weighted by molar-refractivity contribution is -0.401. The summed E-state index contributed by atoms with van der Waals surface area (Å²) in [6.45, 7) is 4.84. The highest BCUT2D eigenvalue weighted by molar-refractivity contribution is 6.29. The average Bonchev–Trinajstić information content (AvgIpc) is 2.78. The first-order valence-corrected chi connectivity index (χ1v) is 7.33. The normalized spacial score (nSPS) is 16.0. The Balaban J connectivity index is 2.28. The fraction of sp³-hybridized carbons (Fsp3) is 0.211. The number of rotatable bonds is 3. The van der Waals surface area contributed by atoms with Crippen molar-refractivity contribution in [1.82, 2.24) is 0 Å². The van der Waals surface area contributed by atoms with Crippen LogP contribution in [0.1, 0.15) is 25.0 Å². The van der Waals surface area contributed by atoms with Gasteiger partial charge in [-0.1, -0.05) is 42.5 Å². The van der Waals surface area contributed by atoms with E-state index in [2.05, 4.69) is 67.1 Å². The maximum absolute atomic E-state index is 6.02. The fourth-order valence-electron chi connectivity index (χ4n) is 2.84. The second-order valence-electron chi connectivity index (χ2n) is 5.16. The van der Waals surface area contributed by atoms with E-state index in [0.717, 1.165) is 11.3 Å². The predicted octanol–water partition coefficient (Wildman–Crippen LogP) is 4.34. The van der Waals surface area contributed by atoms with Gasteiger partial charge in [0.05, 0.1) is 17.7 Å². The Morgan fingerprint density at radius 2 is 1.67 bits per heavy atom. The highest BCUT2D eigenvalue weighted by Crippen LogP contribution is 2.38. The molecule has 2 nitrogen and oxygen atoms in total. The number of ether oxygens (including phenoxy) is 1. The van der Waals surface area contributed by atoms with E-state index in [0.29, 0.717) is 6.61 Å². The topological polar surface area (TPSA) is 12.2 Å². The van der Waals surface area contributed by atoms with Gasteiger partial charge in [-0.05, 0) is 13.0 Å². The van der Waals surface area contributed by atoms with Gasteiger partial charge in [-0.25, -0.2) is 0 Å². The summed E-state index contributed by atoms with van der Waals surface area (Å²) < 4.78 is 8.25. The largest absolute Gasteiger partial charge is 0.492 e. The molecule has 2 heteroatoms. The number of nitrogens with zero attached hydrogens (tertiary/aromatic N) is 1. The lowest BCUT2D eigenvalue weighted by Gasteiger charge is -2.12. The minimum absolute atomic E-state index is 0.660. The number of allylic oxidation sites excluding steroid dienone is 1. The van der Waals surface area contributed by atoms with Crippen LogP contribution >= 0.6 is 0 Å². The summed E-state index contributed by atoms with van der Waals surface area (Å²) in [4.78, 5) is 0. The first kappa shape index (κ1) is 13.6. The standard InChI is InChI=1S/C19H20NO/c1-4-21-19(15-10-6-5-7-11-15)18-14(2)20(3)17-13-9-8-12-16(17)18/h5-13H,4H2,1-3H3/q+1/b19-18-. The molecule has 0 atom stereocenters. The molecule has 0 N–H and O–H groups in total. The van der Waals surface area contributed by atoms with Gasteiger partial charge in [0.25, 0.3) is 0 Å². The van der Waals surface area contributed by atoms with Crippen molar-refractivity contribution in [3.63, 3.8) is 0 Å². The van der Waals surface area contributed by atoms with Gasteiger partial charge < -0.3 is 4.74 Å². The van der Waals surface area contributed by atoms with Crippen LogP contribution in [0.25, 0.3) is 11.3 Å². The van der Waals surface area contributed by atoms with Crippen molar-refractivity contribution in [2.24, 2.45) is 0 Å². The van der Waals surface area contributed by atoms with Crippen molar-refractivity contribution >= 4 is 22.7 Å². The molecule has 0 amide bonds. The minimum atomic E-state index is 0.660. The van der Waals surface area contributed by atoms with E-state index in [9.17, 15) is 0 Å². The van der Waals surface area contributed by atoms with Crippen LogP contribution in [-0.4, -0.2) is 23.9 Å². The van der Waals surface area contributed by atoms with Crippen molar-refractivity contribution in [3.8, 4) is 0 Å². The molecule has 1 aliphatic rings. The van der Waals surface area contributed by atoms with Crippen LogP contribution in [0.4, 0.5) is 5.69 Å². The molecular weight excluding hydrogens is 258 g/mol. The molecule has 2 aromatic rings. The summed E-state index contributed by atoms with van der Waals surface area (Å²) in [6, 6.07) is 18.8. The summed E-state index contributed by atoms with van der Waals surface area (Å²) in [5, 5.41) is 0. The second-order valence-corrected chi connectivity index (χ2v) is 5.16. The molecular formula is C19H20NO+. The molecule has 0 aromatic heterocycles. The average molecular weight is 278 g/mol. The van der Waals surface area contributed by atoms with Crippen LogP contribution < -0.4 is 0 Å². The van der Waals surface area contributed by atoms with E-state index in [1.807, 2.05) is 13.0 Å². The summed E-state index contributed by atoms with van der Waals surface area (Å²) in [5.74, 6) is 0.965. The second kappa shape index (κ2) is 5.57. The Morgan fingerprint density at radius 3 is 2.38 bits per heavy atom. The quantitative estimate of drug-likeness (QED) is 0.601. The molecule has 0 unspecified atom stereocenters. The third-order valence-corrected chi connectivity index (χ3v) is 3.95. The highest BCUT2D eigenvalue weighted by atomic mass is 16.5. The molecule has 0 bridgehead atoms. The van der Waals surface area contributed by atoms with E-state index < -0.39 is 0 Å². The van der Waals surface area contributed by atoms with Crippen molar-refractivity contribution < 1.29 is 9.31 Å². The predicted molar refractivity (Wildman–Crippen MR) is 87.8 cm³/mol. The summed E-state index contributed by atoms with van der Waals surface area (Å²) in [7, 11) is 2.11. The van der Waals surface area contributed by atoms with E-state index >= 15 is 0 Å². The fourth-order valence-corrected chi connectivity index (χ4v) is 2.84. The smallest absolute Gasteiger partial charge is 0.213 e. The third kappa shape index (κ3) is 2.27. The monoisotopic (exact) mass is 278 g/mol. The first-order chi connectivity index (χ1) is 10.2. The molecule has 0 saturated heterocycles. The number of hydrogen-bond acceptors (Lipinski definition) is 1. The van der Waals surface area contributed by atoms with Crippen molar-refractivity contribution in [2.45, 2.75) is 13.8 Å². The molecule has 0 spiro atoms. The number of benzene rings is 2. The first-order valence-electron chi connectivity index (χ1n) is 7.33. The van der Waals surface area contributed by atoms with Gasteiger partial charge in [-0.15, -0.1) is 0 Å². The van der Waals surface area contributed by atoms with Crippen LogP contribution in [0, 0.1) is 0 Å². The van der Waals surface area contributed by atoms with Gasteiger partial charge in [0.15, 0.2) is 5.71 Å². The zero-order valence-electron chi connectivity index (χ0n) is 12.8. The molecule has 0 radical (unpaired) electrons. The van der Waals surface area contributed by atoms with E-state index in [-0.39, 0.29) is 0 Å². The van der Waals surface area contributed by atoms with Gasteiger partial charge in [0, 0.05) is 18.6 Å². The molecule has 106 valence electrons. The Labute approximate surface area is 126 Å². The maximum Gasteiger partial charge on any atom is 0.213 e. The Kier molecular flexibility index (Phi) is 3.61. The summed E-state index contributed by atoms with van der Waals surface area (Å²) in [5.41, 5.74) is 6.02. The van der Waals surface area contributed by atoms with Crippen molar-refractivity contribution in [2.75, 3.05) is 13.7 Å². The number of fused-ring (bicyclic) bond motifs is 1. The van der Waals surface area contributed by atoms with Crippen LogP contribution in [0.3, 0.4) is 0 Å². The zero-order chi connectivity index (χ0) is 14.8. The Hall–Kier alpha value is -2.35. The lowest BCUT2D eigenvalue weighted by Crippen LogP contribution is -2.06. The van der Waals surface area contributed by atoms with Gasteiger partial charge in [-0.3, -0.25) is 0 Å². The van der Waals surface area contributed by atoms with Gasteiger partial charge in [0.2, 0.25) is 5.69 Å². The van der Waals surface area contributed by atoms with Gasteiger partial charge in [-0.2, -0.15) is 4.58 Å².